The normalized spacial score (nSPS) is 11.4. The molecular weight excluding hydrogens is 353 g/mol. The van der Waals surface area contributed by atoms with E-state index in [2.05, 4.69) is 32.9 Å². The molecule has 0 fully saturated rings. The highest BCUT2D eigenvalue weighted by atomic mass is 127. The first kappa shape index (κ1) is 13.5. The Bertz CT molecular complexity index is 622. The first-order valence-corrected chi connectivity index (χ1v) is 6.66. The maximum atomic E-state index is 12.1. The van der Waals surface area contributed by atoms with Gasteiger partial charge in [0.2, 0.25) is 5.91 Å². The highest BCUT2D eigenvalue weighted by Crippen LogP contribution is 2.20. The Morgan fingerprint density at radius 2 is 2.00 bits per heavy atom. The molecule has 1 unspecified atom stereocenters. The molecule has 4 nitrogen and oxygen atoms in total. The van der Waals surface area contributed by atoms with Gasteiger partial charge in [0, 0.05) is 9.77 Å². The van der Waals surface area contributed by atoms with Gasteiger partial charge in [-0.2, -0.15) is 5.26 Å². The monoisotopic (exact) mass is 363 g/mol. The number of hydrogen-bond donors (Lipinski definition) is 1. The van der Waals surface area contributed by atoms with Gasteiger partial charge in [-0.25, -0.2) is 0 Å². The van der Waals surface area contributed by atoms with Crippen LogP contribution in [0, 0.1) is 14.9 Å². The molecule has 1 aromatic carbocycles. The number of halogens is 1. The minimum Gasteiger partial charge on any atom is -0.324 e. The molecule has 0 aliphatic heterocycles. The van der Waals surface area contributed by atoms with Gasteiger partial charge in [-0.1, -0.05) is 18.2 Å². The van der Waals surface area contributed by atoms with E-state index in [0.717, 1.165) is 3.57 Å². The molecule has 1 heterocycles. The zero-order chi connectivity index (χ0) is 13.7. The third-order valence-electron chi connectivity index (χ3n) is 2.51. The lowest BCUT2D eigenvalue weighted by Gasteiger charge is -2.10. The van der Waals surface area contributed by atoms with Crippen LogP contribution in [0.15, 0.2) is 48.7 Å². The number of para-hydroxylation sites is 1. The Balaban J connectivity index is 2.20. The van der Waals surface area contributed by atoms with Crippen LogP contribution < -0.4 is 5.32 Å². The van der Waals surface area contributed by atoms with E-state index in [1.807, 2.05) is 24.3 Å². The summed E-state index contributed by atoms with van der Waals surface area (Å²) in [6.45, 7) is 0. The highest BCUT2D eigenvalue weighted by molar-refractivity contribution is 14.1. The van der Waals surface area contributed by atoms with Gasteiger partial charge in [-0.05, 0) is 46.9 Å². The van der Waals surface area contributed by atoms with Gasteiger partial charge in [0.05, 0.1) is 17.5 Å². The van der Waals surface area contributed by atoms with Crippen molar-refractivity contribution in [3.8, 4) is 6.07 Å². The number of nitrogens with one attached hydrogen (secondary N) is 1. The number of carbonyl (C=O) groups is 1. The molecule has 2 rings (SSSR count). The minimum absolute atomic E-state index is 0.370. The van der Waals surface area contributed by atoms with Crippen molar-refractivity contribution in [1.82, 2.24) is 4.98 Å². The molecule has 1 N–H and O–H groups in total. The van der Waals surface area contributed by atoms with E-state index >= 15 is 0 Å². The molecule has 19 heavy (non-hydrogen) atoms. The lowest BCUT2D eigenvalue weighted by Crippen LogP contribution is -2.21. The molecule has 0 saturated carbocycles. The van der Waals surface area contributed by atoms with Gasteiger partial charge in [-0.15, -0.1) is 0 Å². The topological polar surface area (TPSA) is 65.8 Å². The number of nitriles is 1. The molecule has 1 amide bonds. The summed E-state index contributed by atoms with van der Waals surface area (Å²) in [6, 6.07) is 14.6. The second-order valence-electron chi connectivity index (χ2n) is 3.79. The molecule has 0 aliphatic carbocycles. The largest absolute Gasteiger partial charge is 0.324 e. The number of benzene rings is 1. The fourth-order valence-electron chi connectivity index (χ4n) is 1.57. The number of nitrogens with zero attached hydrogens (tertiary/aromatic N) is 2. The lowest BCUT2D eigenvalue weighted by molar-refractivity contribution is -0.116. The average molecular weight is 363 g/mol. The minimum atomic E-state index is -0.905. The van der Waals surface area contributed by atoms with Gasteiger partial charge in [0.25, 0.3) is 0 Å². The maximum Gasteiger partial charge on any atom is 0.247 e. The Kier molecular flexibility index (Phi) is 4.47. The van der Waals surface area contributed by atoms with Crippen LogP contribution in [0.3, 0.4) is 0 Å². The molecule has 94 valence electrons. The Hall–Kier alpha value is -1.94. The number of aromatic nitrogens is 1. The maximum absolute atomic E-state index is 12.1. The molecule has 1 atom stereocenters. The van der Waals surface area contributed by atoms with Crippen LogP contribution in [0.4, 0.5) is 5.69 Å². The van der Waals surface area contributed by atoms with E-state index in [0.29, 0.717) is 11.4 Å². The van der Waals surface area contributed by atoms with Crippen LogP contribution in [-0.2, 0) is 4.79 Å². The second kappa shape index (κ2) is 6.29. The van der Waals surface area contributed by atoms with E-state index in [9.17, 15) is 4.79 Å². The van der Waals surface area contributed by atoms with E-state index in [1.54, 1.807) is 30.5 Å². The third kappa shape index (κ3) is 3.29. The predicted molar refractivity (Wildman–Crippen MR) is 80.4 cm³/mol. The molecular formula is C14H10IN3O. The molecule has 0 radical (unpaired) electrons. The fourth-order valence-corrected chi connectivity index (χ4v) is 2.10. The number of hydrogen-bond acceptors (Lipinski definition) is 3. The van der Waals surface area contributed by atoms with E-state index in [-0.39, 0.29) is 5.91 Å². The molecule has 0 spiro atoms. The molecule has 5 heteroatoms. The van der Waals surface area contributed by atoms with Crippen molar-refractivity contribution in [2.75, 3.05) is 5.32 Å². The average Bonchev–Trinajstić information content (AvgIpc) is 2.43. The van der Waals surface area contributed by atoms with E-state index < -0.39 is 5.92 Å². The predicted octanol–water partition coefficient (Wildman–Crippen LogP) is 2.93. The van der Waals surface area contributed by atoms with Crippen molar-refractivity contribution < 1.29 is 4.79 Å². The van der Waals surface area contributed by atoms with E-state index in [1.165, 1.54) is 0 Å². The van der Waals surface area contributed by atoms with Gasteiger partial charge < -0.3 is 5.32 Å². The summed E-state index contributed by atoms with van der Waals surface area (Å²) >= 11 is 2.13. The standard InChI is InChI=1S/C14H10IN3O/c15-11-5-1-2-7-13(11)18-14(19)10(9-16)12-6-3-4-8-17-12/h1-8,10H,(H,18,19). The van der Waals surface area contributed by atoms with Crippen molar-refractivity contribution in [3.05, 3.63) is 57.9 Å². The summed E-state index contributed by atoms with van der Waals surface area (Å²) in [5.74, 6) is -1.28. The zero-order valence-electron chi connectivity index (χ0n) is 9.88. The first-order valence-electron chi connectivity index (χ1n) is 5.58. The number of carbonyl (C=O) groups excluding carboxylic acids is 1. The lowest BCUT2D eigenvalue weighted by atomic mass is 10.1. The number of amides is 1. The van der Waals surface area contributed by atoms with E-state index in [4.69, 9.17) is 5.26 Å². The van der Waals surface area contributed by atoms with Crippen LogP contribution in [0.1, 0.15) is 11.6 Å². The summed E-state index contributed by atoms with van der Waals surface area (Å²) in [4.78, 5) is 16.2. The SMILES string of the molecule is N#CC(C(=O)Nc1ccccc1I)c1ccccn1. The summed E-state index contributed by atoms with van der Waals surface area (Å²) in [5.41, 5.74) is 1.15. The molecule has 1 aromatic heterocycles. The van der Waals surface area contributed by atoms with Crippen LogP contribution >= 0.6 is 22.6 Å². The highest BCUT2D eigenvalue weighted by Gasteiger charge is 2.21. The molecule has 0 bridgehead atoms. The van der Waals surface area contributed by atoms with Gasteiger partial charge in [0.1, 0.15) is 0 Å². The quantitative estimate of drug-likeness (QED) is 0.853. The van der Waals surface area contributed by atoms with Crippen LogP contribution in [-0.4, -0.2) is 10.9 Å². The number of anilines is 1. The third-order valence-corrected chi connectivity index (χ3v) is 3.45. The van der Waals surface area contributed by atoms with Crippen LogP contribution in [0.2, 0.25) is 0 Å². The summed E-state index contributed by atoms with van der Waals surface area (Å²) in [7, 11) is 0. The van der Waals surface area contributed by atoms with Gasteiger partial charge >= 0.3 is 0 Å². The van der Waals surface area contributed by atoms with Crippen molar-refractivity contribution in [1.29, 1.82) is 5.26 Å². The van der Waals surface area contributed by atoms with Gasteiger partial charge in [0.15, 0.2) is 5.92 Å². The number of pyridine rings is 1. The zero-order valence-corrected chi connectivity index (χ0v) is 12.0. The van der Waals surface area contributed by atoms with Crippen LogP contribution in [0.25, 0.3) is 0 Å². The van der Waals surface area contributed by atoms with Crippen molar-refractivity contribution in [2.45, 2.75) is 5.92 Å². The first-order chi connectivity index (χ1) is 9.22. The van der Waals surface area contributed by atoms with Gasteiger partial charge in [-0.3, -0.25) is 9.78 Å². The summed E-state index contributed by atoms with van der Waals surface area (Å²) < 4.78 is 0.922. The molecule has 0 aliphatic rings. The van der Waals surface area contributed by atoms with Crippen molar-refractivity contribution in [3.63, 3.8) is 0 Å². The molecule has 2 aromatic rings. The summed E-state index contributed by atoms with van der Waals surface area (Å²) in [6.07, 6.45) is 1.57. The van der Waals surface area contributed by atoms with Crippen molar-refractivity contribution >= 4 is 34.2 Å². The Morgan fingerprint density at radius 3 is 2.63 bits per heavy atom. The smallest absolute Gasteiger partial charge is 0.247 e. The Labute approximate surface area is 124 Å². The Morgan fingerprint density at radius 1 is 1.26 bits per heavy atom. The fraction of sp³-hybridized carbons (Fsp3) is 0.0714. The summed E-state index contributed by atoms with van der Waals surface area (Å²) in [5, 5.41) is 11.9. The van der Waals surface area contributed by atoms with Crippen LogP contribution in [0.5, 0.6) is 0 Å². The second-order valence-corrected chi connectivity index (χ2v) is 4.95. The number of rotatable bonds is 3. The molecule has 0 saturated heterocycles. The van der Waals surface area contributed by atoms with Crippen molar-refractivity contribution in [2.24, 2.45) is 0 Å².